The van der Waals surface area contributed by atoms with Gasteiger partial charge < -0.3 is 24.7 Å². The van der Waals surface area contributed by atoms with Crippen LogP contribution >= 0.6 is 0 Å². The highest BCUT2D eigenvalue weighted by atomic mass is 16.6. The summed E-state index contributed by atoms with van der Waals surface area (Å²) in [5.74, 6) is 0.443. The highest BCUT2D eigenvalue weighted by Gasteiger charge is 2.49. The van der Waals surface area contributed by atoms with Crippen LogP contribution in [0.2, 0.25) is 0 Å². The van der Waals surface area contributed by atoms with Gasteiger partial charge in [0.1, 0.15) is 18.1 Å². The number of fused-ring (bicyclic) bond motifs is 1. The van der Waals surface area contributed by atoms with Crippen LogP contribution < -0.4 is 5.32 Å². The Labute approximate surface area is 237 Å². The summed E-state index contributed by atoms with van der Waals surface area (Å²) >= 11 is 0. The number of hydrogen-bond donors (Lipinski definition) is 3. The molecule has 3 saturated heterocycles. The number of amides is 1. The molecule has 3 aliphatic heterocycles. The van der Waals surface area contributed by atoms with Gasteiger partial charge in [-0.1, -0.05) is 12.1 Å². The predicted molar refractivity (Wildman–Crippen MR) is 154 cm³/mol. The Morgan fingerprint density at radius 2 is 1.75 bits per heavy atom. The van der Waals surface area contributed by atoms with Gasteiger partial charge in [0.25, 0.3) is 0 Å². The maximum absolute atomic E-state index is 12.4. The first kappa shape index (κ1) is 27.9. The molecular weight excluding hydrogens is 506 g/mol. The first-order valence-electron chi connectivity index (χ1n) is 15.3. The van der Waals surface area contributed by atoms with Crippen LogP contribution in [0.3, 0.4) is 0 Å². The second-order valence-corrected chi connectivity index (χ2v) is 13.9. The molecule has 4 heterocycles. The zero-order valence-electron chi connectivity index (χ0n) is 24.6. The second kappa shape index (κ2) is 10.6. The Morgan fingerprint density at radius 3 is 2.40 bits per heavy atom. The highest BCUT2D eigenvalue weighted by Crippen LogP contribution is 2.52. The number of ether oxygens (including phenoxy) is 1. The van der Waals surface area contributed by atoms with E-state index in [9.17, 15) is 15.0 Å². The molecule has 40 heavy (non-hydrogen) atoms. The minimum absolute atomic E-state index is 0.114. The van der Waals surface area contributed by atoms with E-state index in [1.54, 1.807) is 0 Å². The van der Waals surface area contributed by atoms with E-state index in [1.165, 1.54) is 31.2 Å². The lowest BCUT2D eigenvalue weighted by Gasteiger charge is -2.56. The van der Waals surface area contributed by atoms with Crippen LogP contribution in [-0.4, -0.2) is 86.2 Å². The van der Waals surface area contributed by atoms with Gasteiger partial charge in [0.2, 0.25) is 0 Å². The van der Waals surface area contributed by atoms with E-state index < -0.39 is 18.1 Å². The van der Waals surface area contributed by atoms with Crippen molar-refractivity contribution in [2.75, 3.05) is 26.2 Å². The van der Waals surface area contributed by atoms with Gasteiger partial charge in [-0.3, -0.25) is 10.00 Å². The molecule has 4 fully saturated rings. The number of rotatable bonds is 3. The van der Waals surface area contributed by atoms with Crippen molar-refractivity contribution >= 4 is 17.0 Å². The summed E-state index contributed by atoms with van der Waals surface area (Å²) in [6.45, 7) is 9.72. The molecule has 1 aromatic carbocycles. The van der Waals surface area contributed by atoms with E-state index in [0.717, 1.165) is 55.6 Å². The average Bonchev–Trinajstić information content (AvgIpc) is 3.22. The van der Waals surface area contributed by atoms with E-state index in [1.807, 2.05) is 37.4 Å². The van der Waals surface area contributed by atoms with Crippen LogP contribution in [0.25, 0.3) is 10.9 Å². The van der Waals surface area contributed by atoms with Gasteiger partial charge in [0, 0.05) is 37.5 Å². The first-order chi connectivity index (χ1) is 19.0. The van der Waals surface area contributed by atoms with Gasteiger partial charge in [-0.05, 0) is 108 Å². The predicted octanol–water partition coefficient (Wildman–Crippen LogP) is 4.04. The van der Waals surface area contributed by atoms with Crippen molar-refractivity contribution < 1.29 is 19.7 Å². The molecule has 3 atom stereocenters. The molecule has 1 amide bonds. The maximum Gasteiger partial charge on any atom is 0.410 e. The zero-order valence-corrected chi connectivity index (χ0v) is 24.6. The van der Waals surface area contributed by atoms with Crippen molar-refractivity contribution in [2.45, 2.75) is 108 Å². The van der Waals surface area contributed by atoms with Gasteiger partial charge in [0.05, 0.1) is 11.2 Å². The lowest BCUT2D eigenvalue weighted by atomic mass is 9.59. The van der Waals surface area contributed by atoms with Crippen LogP contribution in [0.5, 0.6) is 0 Å². The molecule has 1 aromatic heterocycles. The molecule has 9 heteroatoms. The third-order valence-electron chi connectivity index (χ3n) is 10.1. The largest absolute Gasteiger partial charge is 0.444 e. The average molecular weight is 554 g/mol. The number of likely N-dealkylation sites (tertiary alicyclic amines) is 2. The summed E-state index contributed by atoms with van der Waals surface area (Å²) in [6, 6.07) is 7.45. The summed E-state index contributed by atoms with van der Waals surface area (Å²) < 4.78 is 7.53. The number of hydrogen-bond acceptors (Lipinski definition) is 7. The van der Waals surface area contributed by atoms with Gasteiger partial charge in [-0.15, -0.1) is 0 Å². The number of benzene rings is 1. The summed E-state index contributed by atoms with van der Waals surface area (Å²) in [7, 11) is 1.99. The molecule has 3 N–H and O–H groups in total. The lowest BCUT2D eigenvalue weighted by molar-refractivity contribution is -0.0530. The minimum Gasteiger partial charge on any atom is -0.444 e. The van der Waals surface area contributed by atoms with Crippen molar-refractivity contribution in [3.05, 3.63) is 29.5 Å². The number of nitrogens with one attached hydrogen (secondary N) is 1. The minimum atomic E-state index is -0.783. The van der Waals surface area contributed by atoms with Crippen LogP contribution in [0.1, 0.15) is 95.2 Å². The molecule has 220 valence electrons. The fraction of sp³-hybridized carbons (Fsp3) is 0.742. The number of carbonyl (C=O) groups is 1. The van der Waals surface area contributed by atoms with Crippen molar-refractivity contribution in [1.82, 2.24) is 24.9 Å². The molecule has 1 saturated carbocycles. The van der Waals surface area contributed by atoms with Crippen LogP contribution in [0.4, 0.5) is 4.79 Å². The SMILES string of the molecule is Cn1nc(C2CCC(O)NC2O)c2ccc(C3CCN(C4CC5(CCN(C(=O)OC(C)(C)C)CC5)C4)CC3)cc21. The molecular formula is C31H47N5O4. The Balaban J connectivity index is 1.02. The summed E-state index contributed by atoms with van der Waals surface area (Å²) in [5.41, 5.74) is 3.41. The van der Waals surface area contributed by atoms with Crippen LogP contribution in [-0.2, 0) is 11.8 Å². The Morgan fingerprint density at radius 1 is 1.05 bits per heavy atom. The second-order valence-electron chi connectivity index (χ2n) is 13.9. The first-order valence-corrected chi connectivity index (χ1v) is 15.3. The summed E-state index contributed by atoms with van der Waals surface area (Å²) in [4.78, 5) is 17.1. The molecule has 4 aliphatic rings. The number of aryl methyl sites for hydroxylation is 1. The van der Waals surface area contributed by atoms with Crippen molar-refractivity contribution in [1.29, 1.82) is 0 Å². The quantitative estimate of drug-likeness (QED) is 0.527. The van der Waals surface area contributed by atoms with Gasteiger partial charge in [0.15, 0.2) is 0 Å². The zero-order chi connectivity index (χ0) is 28.2. The summed E-state index contributed by atoms with van der Waals surface area (Å²) in [6.07, 6.45) is 6.81. The normalized spacial score (nSPS) is 28.6. The monoisotopic (exact) mass is 553 g/mol. The van der Waals surface area contributed by atoms with Crippen molar-refractivity contribution in [3.8, 4) is 0 Å². The van der Waals surface area contributed by atoms with Crippen LogP contribution in [0, 0.1) is 5.41 Å². The van der Waals surface area contributed by atoms with E-state index in [2.05, 4.69) is 28.4 Å². The molecule has 9 nitrogen and oxygen atoms in total. The molecule has 2 aromatic rings. The molecule has 0 bridgehead atoms. The summed E-state index contributed by atoms with van der Waals surface area (Å²) in [5, 5.41) is 29.1. The number of carbonyl (C=O) groups excluding carboxylic acids is 1. The number of piperidine rings is 3. The van der Waals surface area contributed by atoms with E-state index >= 15 is 0 Å². The number of aromatic nitrogens is 2. The van der Waals surface area contributed by atoms with E-state index in [-0.39, 0.29) is 12.0 Å². The Kier molecular flexibility index (Phi) is 7.38. The fourth-order valence-corrected chi connectivity index (χ4v) is 7.70. The third kappa shape index (κ3) is 5.50. The third-order valence-corrected chi connectivity index (χ3v) is 10.1. The molecule has 1 spiro atoms. The van der Waals surface area contributed by atoms with E-state index in [4.69, 9.17) is 9.84 Å². The van der Waals surface area contributed by atoms with E-state index in [0.29, 0.717) is 30.2 Å². The molecule has 1 aliphatic carbocycles. The molecule has 0 radical (unpaired) electrons. The van der Waals surface area contributed by atoms with Gasteiger partial charge in [-0.2, -0.15) is 5.10 Å². The van der Waals surface area contributed by atoms with Gasteiger partial charge >= 0.3 is 6.09 Å². The maximum atomic E-state index is 12.4. The number of aliphatic hydroxyl groups excluding tert-OH is 2. The fourth-order valence-electron chi connectivity index (χ4n) is 7.70. The van der Waals surface area contributed by atoms with Crippen molar-refractivity contribution in [3.63, 3.8) is 0 Å². The number of aliphatic hydroxyl groups is 2. The molecule has 3 unspecified atom stereocenters. The smallest absolute Gasteiger partial charge is 0.410 e. The van der Waals surface area contributed by atoms with Crippen molar-refractivity contribution in [2.24, 2.45) is 12.5 Å². The highest BCUT2D eigenvalue weighted by molar-refractivity contribution is 5.83. The topological polar surface area (TPSA) is 103 Å². The standard InChI is InChI=1S/C31H47N5O4/c1-30(2,3)40-29(39)36-15-11-31(12-16-36)18-22(19-31)35-13-9-20(10-14-35)21-5-6-23-25(17-21)34(4)33-27(23)24-7-8-26(37)32-28(24)38/h5-6,17,20,22,24,26,28,32,37-38H,7-16,18-19H2,1-4H3. The molecule has 6 rings (SSSR count). The van der Waals surface area contributed by atoms with Crippen LogP contribution in [0.15, 0.2) is 18.2 Å². The Hall–Kier alpha value is -2.20. The lowest BCUT2D eigenvalue weighted by Crippen LogP contribution is -2.57. The number of nitrogens with zero attached hydrogens (tertiary/aromatic N) is 4. The Bertz CT molecular complexity index is 1210. The van der Waals surface area contributed by atoms with Gasteiger partial charge in [-0.25, -0.2) is 4.79 Å².